The topological polar surface area (TPSA) is 84.7 Å². The van der Waals surface area contributed by atoms with E-state index in [1.165, 1.54) is 25.3 Å². The van der Waals surface area contributed by atoms with E-state index in [-0.39, 0.29) is 30.3 Å². The third kappa shape index (κ3) is 4.44. The Morgan fingerprint density at radius 1 is 1.16 bits per heavy atom. The minimum atomic E-state index is -2.52. The van der Waals surface area contributed by atoms with Gasteiger partial charge >= 0.3 is 0 Å². The number of carbonyl (C=O) groups excluding carboxylic acids is 1. The van der Waals surface area contributed by atoms with Crippen molar-refractivity contribution in [1.29, 1.82) is 0 Å². The smallest absolute Gasteiger partial charge is 0.241 e. The molecular formula is C22H23F3N6O. The Balaban J connectivity index is 1.50. The van der Waals surface area contributed by atoms with Crippen molar-refractivity contribution >= 4 is 11.9 Å². The van der Waals surface area contributed by atoms with E-state index in [4.69, 9.17) is 0 Å². The van der Waals surface area contributed by atoms with Gasteiger partial charge in [-0.2, -0.15) is 0 Å². The molecule has 0 bridgehead atoms. The number of nitrogens with one attached hydrogen (secondary N) is 2. The van der Waals surface area contributed by atoms with Gasteiger partial charge in [-0.05, 0) is 37.3 Å². The lowest BCUT2D eigenvalue weighted by atomic mass is 9.83. The lowest BCUT2D eigenvalue weighted by Gasteiger charge is -2.22. The molecule has 7 nitrogen and oxygen atoms in total. The van der Waals surface area contributed by atoms with Crippen LogP contribution in [0.5, 0.6) is 0 Å². The Bertz CT molecular complexity index is 1090. The molecule has 1 unspecified atom stereocenters. The number of halogens is 3. The Kier molecular flexibility index (Phi) is 6.11. The fraction of sp³-hybridized carbons (Fsp3) is 0.364. The molecule has 0 radical (unpaired) electrons. The highest BCUT2D eigenvalue weighted by Crippen LogP contribution is 2.36. The van der Waals surface area contributed by atoms with E-state index in [9.17, 15) is 18.0 Å². The summed E-state index contributed by atoms with van der Waals surface area (Å²) in [4.78, 5) is 25.4. The van der Waals surface area contributed by atoms with Gasteiger partial charge in [0.15, 0.2) is 0 Å². The number of amides is 1. The number of nitrogens with zero attached hydrogens (tertiary/aromatic N) is 4. The van der Waals surface area contributed by atoms with Crippen molar-refractivity contribution in [3.05, 3.63) is 66.3 Å². The number of imidazole rings is 1. The third-order valence-electron chi connectivity index (χ3n) is 5.81. The molecule has 0 spiro atoms. The number of benzene rings is 1. The minimum absolute atomic E-state index is 0.193. The van der Waals surface area contributed by atoms with Crippen LogP contribution in [0.3, 0.4) is 0 Å². The largest absolute Gasteiger partial charge is 0.355 e. The second kappa shape index (κ2) is 8.97. The predicted molar refractivity (Wildman–Crippen MR) is 112 cm³/mol. The molecule has 3 heterocycles. The summed E-state index contributed by atoms with van der Waals surface area (Å²) in [5, 5.41) is 5.81. The maximum Gasteiger partial charge on any atom is 0.241 e. The molecule has 1 saturated heterocycles. The summed E-state index contributed by atoms with van der Waals surface area (Å²) in [6.07, 6.45) is 2.41. The highest BCUT2D eigenvalue weighted by Gasteiger charge is 2.42. The maximum atomic E-state index is 13.3. The van der Waals surface area contributed by atoms with E-state index in [1.54, 1.807) is 35.3 Å². The Morgan fingerprint density at radius 2 is 1.91 bits per heavy atom. The number of anilines is 1. The summed E-state index contributed by atoms with van der Waals surface area (Å²) >= 11 is 0. The summed E-state index contributed by atoms with van der Waals surface area (Å²) in [5.74, 6) is -2.60. The number of rotatable bonds is 7. The molecule has 1 aliphatic heterocycles. The predicted octanol–water partition coefficient (Wildman–Crippen LogP) is 3.71. The van der Waals surface area contributed by atoms with Gasteiger partial charge in [0.1, 0.15) is 5.82 Å². The van der Waals surface area contributed by atoms with Crippen molar-refractivity contribution in [1.82, 2.24) is 24.8 Å². The molecule has 3 aromatic rings. The molecule has 1 fully saturated rings. The van der Waals surface area contributed by atoms with E-state index in [2.05, 4.69) is 25.6 Å². The second-order valence-corrected chi connectivity index (χ2v) is 7.93. The Morgan fingerprint density at radius 3 is 2.62 bits per heavy atom. The summed E-state index contributed by atoms with van der Waals surface area (Å²) in [7, 11) is 0. The van der Waals surface area contributed by atoms with Gasteiger partial charge in [0.05, 0.1) is 29.7 Å². The molecule has 1 aliphatic rings. The highest BCUT2D eigenvalue weighted by atomic mass is 19.3. The molecule has 0 aliphatic carbocycles. The number of alkyl halides is 2. The van der Waals surface area contributed by atoms with Gasteiger partial charge in [-0.1, -0.05) is 6.92 Å². The zero-order chi connectivity index (χ0) is 22.8. The van der Waals surface area contributed by atoms with Gasteiger partial charge in [0.25, 0.3) is 0 Å². The fourth-order valence-electron chi connectivity index (χ4n) is 3.87. The van der Waals surface area contributed by atoms with Gasteiger partial charge in [-0.3, -0.25) is 4.79 Å². The first-order valence-electron chi connectivity index (χ1n) is 10.3. The first-order chi connectivity index (χ1) is 15.3. The average Bonchev–Trinajstić information content (AvgIpc) is 3.41. The highest BCUT2D eigenvalue weighted by molar-refractivity contribution is 5.85. The van der Waals surface area contributed by atoms with Gasteiger partial charge in [0, 0.05) is 36.5 Å². The van der Waals surface area contributed by atoms with Crippen LogP contribution in [0.25, 0.3) is 5.69 Å². The molecule has 1 aromatic carbocycles. The van der Waals surface area contributed by atoms with Gasteiger partial charge < -0.3 is 15.2 Å². The molecule has 1 amide bonds. The quantitative estimate of drug-likeness (QED) is 0.581. The zero-order valence-corrected chi connectivity index (χ0v) is 17.5. The normalized spacial score (nSPS) is 20.2. The van der Waals surface area contributed by atoms with E-state index < -0.39 is 24.2 Å². The maximum absolute atomic E-state index is 13.3. The summed E-state index contributed by atoms with van der Waals surface area (Å²) < 4.78 is 41.4. The summed E-state index contributed by atoms with van der Waals surface area (Å²) in [6.45, 7) is 3.51. The molecule has 2 N–H and O–H groups in total. The van der Waals surface area contributed by atoms with Gasteiger partial charge in [-0.25, -0.2) is 28.1 Å². The van der Waals surface area contributed by atoms with Crippen molar-refractivity contribution in [2.45, 2.75) is 32.2 Å². The van der Waals surface area contributed by atoms with Crippen LogP contribution in [0.15, 0.2) is 49.1 Å². The van der Waals surface area contributed by atoms with Crippen molar-refractivity contribution in [2.75, 3.05) is 11.9 Å². The zero-order valence-electron chi connectivity index (χ0n) is 17.5. The van der Waals surface area contributed by atoms with Crippen LogP contribution in [-0.2, 0) is 4.79 Å². The van der Waals surface area contributed by atoms with Crippen molar-refractivity contribution in [3.8, 4) is 5.69 Å². The standard InChI is InChI=1S/C22H23F3N6O/c1-12(20(24)25)16-9-27-21(32)19(16)17-7-8-26-22(30-17)29-13(2)18-10-31(11-28-18)15-5-3-14(23)4-6-15/h3-8,10-13,16,19-20H,9H2,1-2H3,(H,27,32)(H,26,29,30)/t12-,13+,16?,19+/m1/s1. The molecular weight excluding hydrogens is 421 g/mol. The van der Waals surface area contributed by atoms with Crippen LogP contribution >= 0.6 is 0 Å². The Labute approximate surface area is 183 Å². The third-order valence-corrected chi connectivity index (χ3v) is 5.81. The molecule has 168 valence electrons. The second-order valence-electron chi connectivity index (χ2n) is 7.93. The lowest BCUT2D eigenvalue weighted by Crippen LogP contribution is -2.26. The van der Waals surface area contributed by atoms with Crippen LogP contribution in [0, 0.1) is 17.7 Å². The van der Waals surface area contributed by atoms with Crippen LogP contribution in [0.1, 0.15) is 37.2 Å². The molecule has 4 rings (SSSR count). The summed E-state index contributed by atoms with van der Waals surface area (Å²) in [6, 6.07) is 7.35. The van der Waals surface area contributed by atoms with E-state index >= 15 is 0 Å². The van der Waals surface area contributed by atoms with Crippen LogP contribution < -0.4 is 10.6 Å². The van der Waals surface area contributed by atoms with Crippen LogP contribution in [0.4, 0.5) is 19.1 Å². The molecule has 4 atom stereocenters. The van der Waals surface area contributed by atoms with Crippen molar-refractivity contribution in [2.24, 2.45) is 11.8 Å². The Hall–Kier alpha value is -3.43. The van der Waals surface area contributed by atoms with Crippen LogP contribution in [0.2, 0.25) is 0 Å². The molecule has 32 heavy (non-hydrogen) atoms. The first kappa shape index (κ1) is 21.8. The van der Waals surface area contributed by atoms with Crippen molar-refractivity contribution < 1.29 is 18.0 Å². The minimum Gasteiger partial charge on any atom is -0.355 e. The lowest BCUT2D eigenvalue weighted by molar-refractivity contribution is -0.121. The van der Waals surface area contributed by atoms with E-state index in [0.29, 0.717) is 11.4 Å². The SMILES string of the molecule is C[C@@H](C(F)F)C1CNC(=O)[C@@H]1c1ccnc(N[C@@H](C)c2cn(-c3ccc(F)cc3)cn2)n1. The summed E-state index contributed by atoms with van der Waals surface area (Å²) in [5.41, 5.74) is 1.87. The van der Waals surface area contributed by atoms with Crippen LogP contribution in [-0.4, -0.2) is 38.4 Å². The monoisotopic (exact) mass is 444 g/mol. The van der Waals surface area contributed by atoms with Gasteiger partial charge in [0.2, 0.25) is 18.3 Å². The molecule has 10 heteroatoms. The molecule has 2 aromatic heterocycles. The average molecular weight is 444 g/mol. The fourth-order valence-corrected chi connectivity index (χ4v) is 3.87. The number of hydrogen-bond donors (Lipinski definition) is 2. The van der Waals surface area contributed by atoms with Gasteiger partial charge in [-0.15, -0.1) is 0 Å². The molecule has 0 saturated carbocycles. The van der Waals surface area contributed by atoms with E-state index in [1.807, 2.05) is 6.92 Å². The van der Waals surface area contributed by atoms with E-state index in [0.717, 1.165) is 5.69 Å². The number of hydrogen-bond acceptors (Lipinski definition) is 5. The van der Waals surface area contributed by atoms with Crippen molar-refractivity contribution in [3.63, 3.8) is 0 Å². The number of carbonyl (C=O) groups is 1. The number of aromatic nitrogens is 4. The first-order valence-corrected chi connectivity index (χ1v) is 10.3.